The minimum absolute atomic E-state index is 0.0458. The average molecular weight is 325 g/mol. The van der Waals surface area contributed by atoms with Gasteiger partial charge in [0.1, 0.15) is 5.75 Å². The largest absolute Gasteiger partial charge is 0.437 e. The predicted octanol–water partition coefficient (Wildman–Crippen LogP) is 2.95. The summed E-state index contributed by atoms with van der Waals surface area (Å²) in [5.74, 6) is 0.171. The number of nitrogens with one attached hydrogen (secondary N) is 1. The van der Waals surface area contributed by atoms with Crippen LogP contribution >= 0.6 is 0 Å². The molecule has 1 fully saturated rings. The molecule has 1 unspecified atom stereocenters. The molecule has 0 saturated carbocycles. The molecule has 23 heavy (non-hydrogen) atoms. The maximum Gasteiger partial charge on any atom is 0.416 e. The van der Waals surface area contributed by atoms with E-state index in [4.69, 9.17) is 9.47 Å². The molecule has 0 aliphatic carbocycles. The van der Waals surface area contributed by atoms with Gasteiger partial charge < -0.3 is 14.8 Å². The Hall–Kier alpha value is -2.19. The fraction of sp³-hybridized carbons (Fsp3) is 0.333. The fourth-order valence-electron chi connectivity index (χ4n) is 2.27. The molecule has 0 radical (unpaired) electrons. The fourth-order valence-corrected chi connectivity index (χ4v) is 2.27. The molecule has 0 bridgehead atoms. The van der Waals surface area contributed by atoms with Gasteiger partial charge in [-0.05, 0) is 29.8 Å². The van der Waals surface area contributed by atoms with Crippen LogP contribution in [0.1, 0.15) is 17.2 Å². The van der Waals surface area contributed by atoms with Crippen LogP contribution in [0.15, 0.2) is 36.5 Å². The monoisotopic (exact) mass is 325 g/mol. The van der Waals surface area contributed by atoms with Crippen molar-refractivity contribution >= 4 is 0 Å². The topological polar surface area (TPSA) is 56.3 Å². The molecule has 2 aromatic rings. The minimum atomic E-state index is -4.47. The summed E-state index contributed by atoms with van der Waals surface area (Å²) in [6, 6.07) is 6.66. The third-order valence-electron chi connectivity index (χ3n) is 3.33. The first-order chi connectivity index (χ1) is 11.0. The lowest BCUT2D eigenvalue weighted by Crippen LogP contribution is -2.33. The quantitative estimate of drug-likeness (QED) is 0.940. The van der Waals surface area contributed by atoms with Crippen molar-refractivity contribution < 1.29 is 22.6 Å². The number of halogens is 3. The Morgan fingerprint density at radius 2 is 2.13 bits per heavy atom. The molecule has 122 valence electrons. The van der Waals surface area contributed by atoms with Gasteiger partial charge in [0, 0.05) is 25.4 Å². The molecule has 8 heteroatoms. The van der Waals surface area contributed by atoms with E-state index in [9.17, 15) is 13.2 Å². The summed E-state index contributed by atoms with van der Waals surface area (Å²) in [6.07, 6.45) is -3.47. The highest BCUT2D eigenvalue weighted by atomic mass is 19.4. The Balaban J connectivity index is 1.94. The second-order valence-electron chi connectivity index (χ2n) is 5.02. The van der Waals surface area contributed by atoms with E-state index in [1.54, 1.807) is 6.07 Å². The maximum atomic E-state index is 13.1. The standard InChI is InChI=1S/C15H14F3N3O2/c16-15(17,18)11-6-10(13-9-19-4-5-22-13)7-12(8-11)23-14-2-1-3-20-21-14/h1-3,6-8,13,19H,4-5,9H2. The van der Waals surface area contributed by atoms with Gasteiger partial charge in [-0.1, -0.05) is 0 Å². The number of aromatic nitrogens is 2. The van der Waals surface area contributed by atoms with Crippen molar-refractivity contribution in [1.82, 2.24) is 15.5 Å². The van der Waals surface area contributed by atoms with Gasteiger partial charge in [0.05, 0.1) is 18.3 Å². The summed E-state index contributed by atoms with van der Waals surface area (Å²) in [4.78, 5) is 0. The van der Waals surface area contributed by atoms with Crippen LogP contribution in [0.25, 0.3) is 0 Å². The Kier molecular flexibility index (Phi) is 4.44. The molecular weight excluding hydrogens is 311 g/mol. The van der Waals surface area contributed by atoms with Crippen molar-refractivity contribution in [2.24, 2.45) is 0 Å². The van der Waals surface area contributed by atoms with Crippen LogP contribution in [-0.4, -0.2) is 29.9 Å². The van der Waals surface area contributed by atoms with Crippen molar-refractivity contribution in [3.05, 3.63) is 47.7 Å². The zero-order chi connectivity index (χ0) is 16.3. The third kappa shape index (κ3) is 3.96. The molecule has 1 atom stereocenters. The van der Waals surface area contributed by atoms with Crippen LogP contribution in [0.3, 0.4) is 0 Å². The lowest BCUT2D eigenvalue weighted by Gasteiger charge is -2.25. The third-order valence-corrected chi connectivity index (χ3v) is 3.33. The molecule has 1 saturated heterocycles. The number of rotatable bonds is 3. The van der Waals surface area contributed by atoms with Crippen LogP contribution < -0.4 is 10.1 Å². The summed E-state index contributed by atoms with van der Waals surface area (Å²) in [6.45, 7) is 1.57. The van der Waals surface area contributed by atoms with Crippen LogP contribution in [0, 0.1) is 0 Å². The lowest BCUT2D eigenvalue weighted by molar-refractivity contribution is -0.137. The zero-order valence-corrected chi connectivity index (χ0v) is 12.0. The summed E-state index contributed by atoms with van der Waals surface area (Å²) in [7, 11) is 0. The van der Waals surface area contributed by atoms with E-state index < -0.39 is 17.8 Å². The van der Waals surface area contributed by atoms with Crippen LogP contribution in [-0.2, 0) is 10.9 Å². The van der Waals surface area contributed by atoms with E-state index in [-0.39, 0.29) is 11.6 Å². The van der Waals surface area contributed by atoms with Crippen molar-refractivity contribution in [3.63, 3.8) is 0 Å². The zero-order valence-electron chi connectivity index (χ0n) is 12.0. The van der Waals surface area contributed by atoms with Gasteiger partial charge >= 0.3 is 6.18 Å². The molecule has 0 spiro atoms. The highest BCUT2D eigenvalue weighted by Crippen LogP contribution is 2.36. The van der Waals surface area contributed by atoms with Crippen molar-refractivity contribution in [2.45, 2.75) is 12.3 Å². The van der Waals surface area contributed by atoms with Crippen molar-refractivity contribution in [3.8, 4) is 11.6 Å². The summed E-state index contributed by atoms with van der Waals surface area (Å²) >= 11 is 0. The van der Waals surface area contributed by atoms with Gasteiger partial charge in [-0.2, -0.15) is 18.3 Å². The second kappa shape index (κ2) is 6.51. The first kappa shape index (κ1) is 15.7. The molecule has 1 aliphatic rings. The second-order valence-corrected chi connectivity index (χ2v) is 5.02. The molecule has 1 aromatic carbocycles. The van der Waals surface area contributed by atoms with E-state index in [1.165, 1.54) is 18.3 Å². The number of alkyl halides is 3. The number of benzene rings is 1. The van der Waals surface area contributed by atoms with Gasteiger partial charge in [-0.3, -0.25) is 0 Å². The van der Waals surface area contributed by atoms with E-state index >= 15 is 0 Å². The van der Waals surface area contributed by atoms with Gasteiger partial charge in [0.15, 0.2) is 0 Å². The molecule has 2 heterocycles. The molecule has 1 N–H and O–H groups in total. The molecule has 3 rings (SSSR count). The Labute approximate surface area is 130 Å². The normalized spacial score (nSPS) is 18.7. The highest BCUT2D eigenvalue weighted by Gasteiger charge is 2.32. The highest BCUT2D eigenvalue weighted by molar-refractivity contribution is 5.39. The minimum Gasteiger partial charge on any atom is -0.437 e. The van der Waals surface area contributed by atoms with E-state index in [0.29, 0.717) is 25.3 Å². The lowest BCUT2D eigenvalue weighted by atomic mass is 10.0. The van der Waals surface area contributed by atoms with Gasteiger partial charge in [-0.15, -0.1) is 5.10 Å². The van der Waals surface area contributed by atoms with Gasteiger partial charge in [0.2, 0.25) is 5.88 Å². The SMILES string of the molecule is FC(F)(F)c1cc(Oc2cccnn2)cc(C2CNCCO2)c1. The molecule has 5 nitrogen and oxygen atoms in total. The predicted molar refractivity (Wildman–Crippen MR) is 75.1 cm³/mol. The van der Waals surface area contributed by atoms with Crippen molar-refractivity contribution in [1.29, 1.82) is 0 Å². The van der Waals surface area contributed by atoms with E-state index in [1.807, 2.05) is 0 Å². The molecule has 0 amide bonds. The first-order valence-electron chi connectivity index (χ1n) is 7.02. The Morgan fingerprint density at radius 1 is 1.26 bits per heavy atom. The molecule has 1 aliphatic heterocycles. The average Bonchev–Trinajstić information content (AvgIpc) is 2.55. The molecule has 1 aromatic heterocycles. The smallest absolute Gasteiger partial charge is 0.416 e. The molecular formula is C15H14F3N3O2. The van der Waals surface area contributed by atoms with Gasteiger partial charge in [0.25, 0.3) is 0 Å². The summed E-state index contributed by atoms with van der Waals surface area (Å²) in [5.41, 5.74) is -0.381. The Bertz CT molecular complexity index is 659. The van der Waals surface area contributed by atoms with Crippen LogP contribution in [0.4, 0.5) is 13.2 Å². The van der Waals surface area contributed by atoms with Crippen LogP contribution in [0.5, 0.6) is 11.6 Å². The Morgan fingerprint density at radius 3 is 2.78 bits per heavy atom. The maximum absolute atomic E-state index is 13.1. The summed E-state index contributed by atoms with van der Waals surface area (Å²) < 4.78 is 50.3. The van der Waals surface area contributed by atoms with E-state index in [2.05, 4.69) is 15.5 Å². The number of hydrogen-bond donors (Lipinski definition) is 1. The first-order valence-corrected chi connectivity index (χ1v) is 7.02. The number of hydrogen-bond acceptors (Lipinski definition) is 5. The van der Waals surface area contributed by atoms with Gasteiger partial charge in [-0.25, -0.2) is 0 Å². The summed E-state index contributed by atoms with van der Waals surface area (Å²) in [5, 5.41) is 10.4. The number of morpholine rings is 1. The number of ether oxygens (including phenoxy) is 2. The van der Waals surface area contributed by atoms with Crippen molar-refractivity contribution in [2.75, 3.05) is 19.7 Å². The van der Waals surface area contributed by atoms with E-state index in [0.717, 1.165) is 12.1 Å². The number of nitrogens with zero attached hydrogens (tertiary/aromatic N) is 2. The van der Waals surface area contributed by atoms with Crippen LogP contribution in [0.2, 0.25) is 0 Å².